The molecule has 6 atom stereocenters. The van der Waals surface area contributed by atoms with Gasteiger partial charge in [-0.15, -0.1) is 0 Å². The van der Waals surface area contributed by atoms with E-state index < -0.39 is 103 Å². The van der Waals surface area contributed by atoms with E-state index in [4.69, 9.17) is 15.6 Å². The molecule has 6 amide bonds. The Bertz CT molecular complexity index is 1830. The van der Waals surface area contributed by atoms with E-state index in [-0.39, 0.29) is 38.8 Å². The normalized spacial score (nSPS) is 17.7. The average Bonchev–Trinajstić information content (AvgIpc) is 4.03. The van der Waals surface area contributed by atoms with E-state index in [9.17, 15) is 48.6 Å². The van der Waals surface area contributed by atoms with Gasteiger partial charge in [-0.3, -0.25) is 38.4 Å². The zero-order valence-corrected chi connectivity index (χ0v) is 34.9. The zero-order chi connectivity index (χ0) is 45.1. The zero-order valence-electron chi connectivity index (χ0n) is 34.0. The first-order valence-corrected chi connectivity index (χ1v) is 21.1. The van der Waals surface area contributed by atoms with Crippen LogP contribution in [0.2, 0.25) is 0 Å². The number of aromatic nitrogens is 2. The standard InChI is InChI=1S/C37H51N9O10S.C2H4O2/c1-57-16-13-24(38)32(50)42-25(11-12-31(48)49)33(51)43-26(18-23-19-39-21-41-23)34(52)44-27(17-22-7-3-2-4-8-22)36(54)46-15-5-9-28(46)35(53)40-20-30(47)45-14-6-10-29(45)37(55)56;1-2(3)4/h2-4,7-8,19,21,24-29H,5-6,9-18,20,38H2,1H3,(H,39,41)(H,40,53)(H,42,50)(H,43,51)(H,44,52)(H,48,49)(H,55,56);1H3,(H,3,4)/t24-,25-,26?,27-,28-,29-;/m0./s1. The molecule has 1 unspecified atom stereocenters. The highest BCUT2D eigenvalue weighted by molar-refractivity contribution is 7.98. The molecule has 1 aromatic heterocycles. The predicted molar refractivity (Wildman–Crippen MR) is 219 cm³/mol. The third kappa shape index (κ3) is 16.2. The number of thioether (sulfide) groups is 1. The van der Waals surface area contributed by atoms with Crippen LogP contribution in [0, 0.1) is 0 Å². The molecule has 0 aliphatic carbocycles. The smallest absolute Gasteiger partial charge is 0.326 e. The van der Waals surface area contributed by atoms with Crippen molar-refractivity contribution in [1.29, 1.82) is 0 Å². The van der Waals surface area contributed by atoms with Crippen LogP contribution in [-0.4, -0.2) is 156 Å². The fourth-order valence-corrected chi connectivity index (χ4v) is 7.31. The number of benzene rings is 1. The van der Waals surface area contributed by atoms with E-state index in [1.807, 2.05) is 6.26 Å². The van der Waals surface area contributed by atoms with Crippen molar-refractivity contribution in [2.24, 2.45) is 5.73 Å². The quantitative estimate of drug-likeness (QED) is 0.0717. The highest BCUT2D eigenvalue weighted by atomic mass is 32.2. The van der Waals surface area contributed by atoms with Crippen LogP contribution < -0.4 is 27.0 Å². The lowest BCUT2D eigenvalue weighted by molar-refractivity contribution is -0.148. The van der Waals surface area contributed by atoms with Gasteiger partial charge in [-0.05, 0) is 56.1 Å². The molecule has 2 aromatic rings. The summed E-state index contributed by atoms with van der Waals surface area (Å²) >= 11 is 1.48. The number of likely N-dealkylation sites (tertiary alicyclic amines) is 2. The number of nitrogens with zero attached hydrogens (tertiary/aromatic N) is 3. The van der Waals surface area contributed by atoms with Crippen molar-refractivity contribution in [3.05, 3.63) is 54.1 Å². The van der Waals surface area contributed by atoms with Crippen molar-refractivity contribution in [3.63, 3.8) is 0 Å². The monoisotopic (exact) mass is 873 g/mol. The minimum atomic E-state index is -1.36. The molecule has 2 fully saturated rings. The lowest BCUT2D eigenvalue weighted by Crippen LogP contribution is -2.59. The molecule has 1 aromatic carbocycles. The van der Waals surface area contributed by atoms with E-state index in [1.54, 1.807) is 30.3 Å². The number of carboxylic acid groups (broad SMARTS) is 3. The summed E-state index contributed by atoms with van der Waals surface area (Å²) in [6, 6.07) is 2.00. The highest BCUT2D eigenvalue weighted by Gasteiger charge is 2.40. The van der Waals surface area contributed by atoms with Crippen LogP contribution in [0.4, 0.5) is 0 Å². The molecule has 21 nitrogen and oxygen atoms in total. The van der Waals surface area contributed by atoms with Crippen LogP contribution >= 0.6 is 11.8 Å². The van der Waals surface area contributed by atoms with Gasteiger partial charge in [0.1, 0.15) is 30.2 Å². The number of amides is 6. The van der Waals surface area contributed by atoms with Gasteiger partial charge in [-0.2, -0.15) is 11.8 Å². The number of carboxylic acids is 3. The molecule has 3 heterocycles. The Balaban J connectivity index is 0.00000237. The van der Waals surface area contributed by atoms with Gasteiger partial charge < -0.3 is 57.1 Å². The number of rotatable bonds is 21. The van der Waals surface area contributed by atoms with Crippen molar-refractivity contribution < 1.29 is 58.5 Å². The van der Waals surface area contributed by atoms with Gasteiger partial charge in [-0.1, -0.05) is 30.3 Å². The Morgan fingerprint density at radius 2 is 1.44 bits per heavy atom. The van der Waals surface area contributed by atoms with E-state index in [0.717, 1.165) is 6.92 Å². The molecule has 4 rings (SSSR count). The van der Waals surface area contributed by atoms with Crippen molar-refractivity contribution >= 4 is 65.1 Å². The summed E-state index contributed by atoms with van der Waals surface area (Å²) in [7, 11) is 0. The number of H-pyrrole nitrogens is 1. The minimum absolute atomic E-state index is 0.0101. The minimum Gasteiger partial charge on any atom is -0.481 e. The third-order valence-electron chi connectivity index (χ3n) is 9.87. The maximum atomic E-state index is 14.3. The summed E-state index contributed by atoms with van der Waals surface area (Å²) < 4.78 is 0. The summed E-state index contributed by atoms with van der Waals surface area (Å²) in [6.07, 6.45) is 5.67. The van der Waals surface area contributed by atoms with Gasteiger partial charge in [0.05, 0.1) is 18.9 Å². The van der Waals surface area contributed by atoms with Crippen LogP contribution in [0.15, 0.2) is 42.9 Å². The largest absolute Gasteiger partial charge is 0.481 e. The Hall–Kier alpha value is -6.03. The molecule has 0 bridgehead atoms. The predicted octanol–water partition coefficient (Wildman–Crippen LogP) is -1.13. The molecular weight excluding hydrogens is 819 g/mol. The van der Waals surface area contributed by atoms with E-state index in [2.05, 4.69) is 31.2 Å². The van der Waals surface area contributed by atoms with E-state index in [1.165, 1.54) is 34.1 Å². The first kappa shape index (κ1) is 49.3. The molecule has 0 spiro atoms. The number of hydrogen-bond donors (Lipinski definition) is 9. The molecular formula is C39H55N9O12S. The van der Waals surface area contributed by atoms with Gasteiger partial charge in [0.15, 0.2) is 0 Å². The van der Waals surface area contributed by atoms with Crippen LogP contribution in [0.25, 0.3) is 0 Å². The van der Waals surface area contributed by atoms with Crippen molar-refractivity contribution in [2.75, 3.05) is 31.6 Å². The van der Waals surface area contributed by atoms with Crippen molar-refractivity contribution in [1.82, 2.24) is 41.0 Å². The molecule has 22 heteroatoms. The number of aromatic amines is 1. The molecule has 2 saturated heterocycles. The summed E-state index contributed by atoms with van der Waals surface area (Å²) in [5, 5.41) is 36.7. The van der Waals surface area contributed by atoms with Gasteiger partial charge in [0.2, 0.25) is 35.4 Å². The fourth-order valence-electron chi connectivity index (χ4n) is 6.82. The number of carbonyl (C=O) groups is 9. The average molecular weight is 874 g/mol. The Kier molecular flexibility index (Phi) is 20.1. The first-order chi connectivity index (χ1) is 29.0. The SMILES string of the molecule is CC(=O)O.CSCC[C@H](N)C(=O)N[C@@H](CCC(=O)O)C(=O)NC(Cc1cnc[nH]1)C(=O)N[C@@H](Cc1ccccc1)C(=O)N1CCC[C@H]1C(=O)NCC(=O)N1CCC[C@H]1C(=O)O. The fraction of sp³-hybridized carbons (Fsp3) is 0.538. The molecule has 2 aliphatic rings. The topological polar surface area (TPSA) is 324 Å². The van der Waals surface area contributed by atoms with Crippen molar-refractivity contribution in [2.45, 2.75) is 101 Å². The number of aliphatic carboxylic acids is 3. The lowest BCUT2D eigenvalue weighted by atomic mass is 10.0. The molecule has 0 saturated carbocycles. The Labute approximate surface area is 356 Å². The summed E-state index contributed by atoms with van der Waals surface area (Å²) in [5.41, 5.74) is 7.13. The summed E-state index contributed by atoms with van der Waals surface area (Å²) in [4.78, 5) is 123. The second-order valence-electron chi connectivity index (χ2n) is 14.5. The molecule has 2 aliphatic heterocycles. The van der Waals surface area contributed by atoms with E-state index in [0.29, 0.717) is 42.7 Å². The maximum Gasteiger partial charge on any atom is 0.326 e. The number of nitrogens with one attached hydrogen (secondary N) is 5. The van der Waals surface area contributed by atoms with Crippen molar-refractivity contribution in [3.8, 4) is 0 Å². The maximum absolute atomic E-state index is 14.3. The van der Waals surface area contributed by atoms with Crippen LogP contribution in [0.5, 0.6) is 0 Å². The second-order valence-corrected chi connectivity index (χ2v) is 15.5. The van der Waals surface area contributed by atoms with E-state index >= 15 is 0 Å². The third-order valence-corrected chi connectivity index (χ3v) is 10.5. The lowest BCUT2D eigenvalue weighted by Gasteiger charge is -2.30. The Morgan fingerprint density at radius 3 is 2.05 bits per heavy atom. The molecule has 0 radical (unpaired) electrons. The molecule has 334 valence electrons. The molecule has 10 N–H and O–H groups in total. The molecule has 61 heavy (non-hydrogen) atoms. The number of nitrogens with two attached hydrogens (primary N) is 1. The highest BCUT2D eigenvalue weighted by Crippen LogP contribution is 2.21. The van der Waals surface area contributed by atoms with Crippen LogP contribution in [-0.2, 0) is 56.0 Å². The van der Waals surface area contributed by atoms with Gasteiger partial charge in [-0.25, -0.2) is 9.78 Å². The number of imidazole rings is 1. The van der Waals surface area contributed by atoms with Crippen LogP contribution in [0.3, 0.4) is 0 Å². The summed E-state index contributed by atoms with van der Waals surface area (Å²) in [6.45, 7) is 1.07. The van der Waals surface area contributed by atoms with Crippen LogP contribution in [0.1, 0.15) is 63.1 Å². The second kappa shape index (κ2) is 24.9. The number of hydrogen-bond acceptors (Lipinski definition) is 12. The van der Waals surface area contributed by atoms with Gasteiger partial charge in [0, 0.05) is 51.2 Å². The van der Waals surface area contributed by atoms with Gasteiger partial charge in [0.25, 0.3) is 5.97 Å². The number of carbonyl (C=O) groups excluding carboxylic acids is 6. The Morgan fingerprint density at radius 1 is 0.836 bits per heavy atom. The summed E-state index contributed by atoms with van der Waals surface area (Å²) in [5.74, 6) is -6.61. The first-order valence-electron chi connectivity index (χ1n) is 19.7. The van der Waals surface area contributed by atoms with Gasteiger partial charge >= 0.3 is 11.9 Å².